The van der Waals surface area contributed by atoms with Crippen LogP contribution < -0.4 is 11.3 Å². The molecule has 1 aromatic heterocycles. The van der Waals surface area contributed by atoms with Crippen LogP contribution in [0.5, 0.6) is 0 Å². The molecule has 1 unspecified atom stereocenters. The predicted molar refractivity (Wildman–Crippen MR) is 62.0 cm³/mol. The molecule has 0 saturated carbocycles. The topological polar surface area (TPSA) is 95.1 Å². The Hall–Kier alpha value is -1.47. The van der Waals surface area contributed by atoms with Crippen LogP contribution in [0.25, 0.3) is 0 Å². The smallest absolute Gasteiger partial charge is 0.287 e. The molecule has 1 atom stereocenters. The minimum atomic E-state index is -0.448. The van der Waals surface area contributed by atoms with E-state index in [1.54, 1.807) is 4.68 Å². The van der Waals surface area contributed by atoms with Crippen molar-refractivity contribution in [2.75, 3.05) is 6.61 Å². The van der Waals surface area contributed by atoms with Crippen molar-refractivity contribution in [1.29, 1.82) is 0 Å². The van der Waals surface area contributed by atoms with Gasteiger partial charge in [0, 0.05) is 0 Å². The third-order valence-corrected chi connectivity index (χ3v) is 2.32. The lowest BCUT2D eigenvalue weighted by atomic mass is 10.2. The van der Waals surface area contributed by atoms with Crippen molar-refractivity contribution in [3.05, 3.63) is 11.9 Å². The van der Waals surface area contributed by atoms with Gasteiger partial charge in [-0.3, -0.25) is 10.2 Å². The van der Waals surface area contributed by atoms with Crippen LogP contribution in [0.15, 0.2) is 6.20 Å². The van der Waals surface area contributed by atoms with E-state index in [-0.39, 0.29) is 11.8 Å². The van der Waals surface area contributed by atoms with E-state index in [2.05, 4.69) is 17.2 Å². The number of nitrogens with one attached hydrogen (secondary N) is 1. The molecule has 7 heteroatoms. The van der Waals surface area contributed by atoms with Crippen LogP contribution in [0, 0.1) is 0 Å². The van der Waals surface area contributed by atoms with Crippen LogP contribution in [0.4, 0.5) is 0 Å². The number of hydrogen-bond donors (Lipinski definition) is 2. The third-order valence-electron chi connectivity index (χ3n) is 2.32. The van der Waals surface area contributed by atoms with Crippen LogP contribution >= 0.6 is 0 Å². The van der Waals surface area contributed by atoms with Crippen molar-refractivity contribution in [3.63, 3.8) is 0 Å². The predicted octanol–water partition coefficient (Wildman–Crippen LogP) is 0.0868. The number of nitrogens with zero attached hydrogens (tertiary/aromatic N) is 3. The molecule has 3 N–H and O–H groups in total. The summed E-state index contributed by atoms with van der Waals surface area (Å²) in [6, 6.07) is 0. The van der Waals surface area contributed by atoms with Crippen molar-refractivity contribution in [3.8, 4) is 0 Å². The Morgan fingerprint density at radius 2 is 2.47 bits per heavy atom. The largest absolute Gasteiger partial charge is 0.377 e. The zero-order valence-electron chi connectivity index (χ0n) is 10.2. The molecule has 7 nitrogen and oxygen atoms in total. The molecule has 1 heterocycles. The van der Waals surface area contributed by atoms with Gasteiger partial charge in [-0.25, -0.2) is 10.5 Å². The quantitative estimate of drug-likeness (QED) is 0.400. The van der Waals surface area contributed by atoms with Gasteiger partial charge in [-0.1, -0.05) is 18.6 Å². The molecule has 0 radical (unpaired) electrons. The van der Waals surface area contributed by atoms with E-state index >= 15 is 0 Å². The summed E-state index contributed by atoms with van der Waals surface area (Å²) in [5, 5.41) is 7.48. The number of hydrazine groups is 1. The highest BCUT2D eigenvalue weighted by Gasteiger charge is 2.08. The van der Waals surface area contributed by atoms with Gasteiger partial charge in [0.1, 0.15) is 0 Å². The number of carbonyl (C=O) groups excluding carboxylic acids is 1. The maximum Gasteiger partial charge on any atom is 0.287 e. The lowest BCUT2D eigenvalue weighted by Gasteiger charge is -2.11. The van der Waals surface area contributed by atoms with E-state index in [1.165, 1.54) is 6.20 Å². The van der Waals surface area contributed by atoms with Gasteiger partial charge in [-0.05, 0) is 13.3 Å². The Bertz CT molecular complexity index is 352. The molecular weight excluding hydrogens is 222 g/mol. The molecule has 96 valence electrons. The highest BCUT2D eigenvalue weighted by atomic mass is 16.5. The van der Waals surface area contributed by atoms with Gasteiger partial charge in [-0.2, -0.15) is 0 Å². The van der Waals surface area contributed by atoms with Gasteiger partial charge in [0.25, 0.3) is 5.91 Å². The standard InChI is InChI=1S/C10H19N5O2/c1-3-4-8(2)17-6-5-15-7-9(13-14-15)10(16)12-11/h7-8H,3-6,11H2,1-2H3,(H,12,16). The zero-order chi connectivity index (χ0) is 12.7. The average Bonchev–Trinajstić information content (AvgIpc) is 2.77. The first kappa shape index (κ1) is 13.6. The molecule has 0 aliphatic rings. The number of ether oxygens (including phenoxy) is 1. The minimum absolute atomic E-state index is 0.203. The molecule has 1 rings (SSSR count). The summed E-state index contributed by atoms with van der Waals surface area (Å²) in [4.78, 5) is 11.1. The fourth-order valence-corrected chi connectivity index (χ4v) is 1.42. The van der Waals surface area contributed by atoms with E-state index < -0.39 is 5.91 Å². The fraction of sp³-hybridized carbons (Fsp3) is 0.700. The summed E-state index contributed by atoms with van der Waals surface area (Å²) in [6.07, 6.45) is 3.93. The van der Waals surface area contributed by atoms with E-state index in [9.17, 15) is 4.79 Å². The molecule has 1 amide bonds. The first-order chi connectivity index (χ1) is 8.17. The molecule has 1 aromatic rings. The maximum absolute atomic E-state index is 11.1. The van der Waals surface area contributed by atoms with E-state index in [0.717, 1.165) is 12.8 Å². The number of rotatable bonds is 7. The van der Waals surface area contributed by atoms with Crippen molar-refractivity contribution in [2.24, 2.45) is 5.84 Å². The molecule has 0 bridgehead atoms. The van der Waals surface area contributed by atoms with Gasteiger partial charge in [0.15, 0.2) is 5.69 Å². The third kappa shape index (κ3) is 4.49. The molecule has 0 aliphatic heterocycles. The second kappa shape index (κ2) is 6.97. The van der Waals surface area contributed by atoms with Gasteiger partial charge in [0.2, 0.25) is 0 Å². The number of carbonyl (C=O) groups is 1. The zero-order valence-corrected chi connectivity index (χ0v) is 10.2. The Morgan fingerprint density at radius 3 is 3.12 bits per heavy atom. The summed E-state index contributed by atoms with van der Waals surface area (Å²) >= 11 is 0. The molecule has 0 aliphatic carbocycles. The molecule has 0 saturated heterocycles. The van der Waals surface area contributed by atoms with E-state index in [4.69, 9.17) is 10.6 Å². The highest BCUT2D eigenvalue weighted by molar-refractivity contribution is 5.91. The summed E-state index contributed by atoms with van der Waals surface area (Å²) in [7, 11) is 0. The van der Waals surface area contributed by atoms with Crippen molar-refractivity contribution < 1.29 is 9.53 Å². The number of aromatic nitrogens is 3. The Morgan fingerprint density at radius 1 is 1.71 bits per heavy atom. The van der Waals surface area contributed by atoms with Gasteiger partial charge in [-0.15, -0.1) is 5.10 Å². The summed E-state index contributed by atoms with van der Waals surface area (Å²) in [5.74, 6) is 4.54. The van der Waals surface area contributed by atoms with Gasteiger partial charge < -0.3 is 4.74 Å². The molecule has 0 fully saturated rings. The van der Waals surface area contributed by atoms with Crippen molar-refractivity contribution in [2.45, 2.75) is 39.3 Å². The van der Waals surface area contributed by atoms with Gasteiger partial charge in [0.05, 0.1) is 25.5 Å². The SMILES string of the molecule is CCCC(C)OCCn1cc(C(=O)NN)nn1. The maximum atomic E-state index is 11.1. The van der Waals surface area contributed by atoms with Crippen LogP contribution in [0.3, 0.4) is 0 Å². The van der Waals surface area contributed by atoms with Crippen LogP contribution in [-0.2, 0) is 11.3 Å². The number of amides is 1. The summed E-state index contributed by atoms with van der Waals surface area (Å²) < 4.78 is 7.13. The minimum Gasteiger partial charge on any atom is -0.377 e. The summed E-state index contributed by atoms with van der Waals surface area (Å²) in [6.45, 7) is 5.28. The Kier molecular flexibility index (Phi) is 5.58. The second-order valence-corrected chi connectivity index (χ2v) is 3.81. The lowest BCUT2D eigenvalue weighted by Crippen LogP contribution is -2.30. The van der Waals surface area contributed by atoms with E-state index in [0.29, 0.717) is 13.2 Å². The first-order valence-corrected chi connectivity index (χ1v) is 5.70. The molecule has 0 spiro atoms. The summed E-state index contributed by atoms with van der Waals surface area (Å²) in [5.41, 5.74) is 2.20. The van der Waals surface area contributed by atoms with Gasteiger partial charge >= 0.3 is 0 Å². The number of nitrogen functional groups attached to an aromatic ring is 1. The molecular formula is C10H19N5O2. The average molecular weight is 241 g/mol. The molecule has 17 heavy (non-hydrogen) atoms. The monoisotopic (exact) mass is 241 g/mol. The number of nitrogens with two attached hydrogens (primary N) is 1. The second-order valence-electron chi connectivity index (χ2n) is 3.81. The van der Waals surface area contributed by atoms with Crippen LogP contribution in [0.2, 0.25) is 0 Å². The Balaban J connectivity index is 2.32. The Labute approximate surface area is 100 Å². The number of hydrogen-bond acceptors (Lipinski definition) is 5. The fourth-order valence-electron chi connectivity index (χ4n) is 1.42. The van der Waals surface area contributed by atoms with Crippen LogP contribution in [0.1, 0.15) is 37.2 Å². The van der Waals surface area contributed by atoms with E-state index in [1.807, 2.05) is 12.3 Å². The van der Waals surface area contributed by atoms with Crippen LogP contribution in [-0.4, -0.2) is 33.6 Å². The van der Waals surface area contributed by atoms with Crippen molar-refractivity contribution in [1.82, 2.24) is 20.4 Å². The van der Waals surface area contributed by atoms with Crippen molar-refractivity contribution >= 4 is 5.91 Å². The molecule has 0 aromatic carbocycles. The normalized spacial score (nSPS) is 12.4. The first-order valence-electron chi connectivity index (χ1n) is 5.70. The lowest BCUT2D eigenvalue weighted by molar-refractivity contribution is 0.0526. The highest BCUT2D eigenvalue weighted by Crippen LogP contribution is 2.01.